The van der Waals surface area contributed by atoms with Crippen LogP contribution in [-0.4, -0.2) is 11.1 Å². The van der Waals surface area contributed by atoms with Crippen LogP contribution in [0.2, 0.25) is 0 Å². The molecule has 1 aromatic carbocycles. The number of benzene rings is 1. The summed E-state index contributed by atoms with van der Waals surface area (Å²) in [6.45, 7) is 9.53. The molecule has 1 unspecified atom stereocenters. The molecular formula is C15H21NO. The van der Waals surface area contributed by atoms with Gasteiger partial charge in [-0.2, -0.15) is 0 Å². The normalized spacial score (nSPS) is 21.2. The van der Waals surface area contributed by atoms with Crippen molar-refractivity contribution in [3.05, 3.63) is 47.7 Å². The van der Waals surface area contributed by atoms with E-state index in [0.29, 0.717) is 6.04 Å². The second-order valence-corrected chi connectivity index (χ2v) is 5.67. The molecule has 0 bridgehead atoms. The summed E-state index contributed by atoms with van der Waals surface area (Å²) in [6, 6.07) is 10.8. The van der Waals surface area contributed by atoms with Crippen molar-refractivity contribution in [2.45, 2.75) is 40.3 Å². The Morgan fingerprint density at radius 1 is 1.18 bits per heavy atom. The molecule has 1 atom stereocenters. The highest BCUT2D eigenvalue weighted by Gasteiger charge is 2.30. The molecule has 0 fully saturated rings. The molecule has 0 saturated carbocycles. The van der Waals surface area contributed by atoms with Gasteiger partial charge in [0.15, 0.2) is 0 Å². The van der Waals surface area contributed by atoms with Crippen molar-refractivity contribution in [1.29, 1.82) is 0 Å². The summed E-state index contributed by atoms with van der Waals surface area (Å²) in [6.07, 6.45) is 2.21. The Labute approximate surface area is 104 Å². The number of hydroxylamine groups is 2. The molecule has 0 amide bonds. The molecule has 2 nitrogen and oxygen atoms in total. The molecular weight excluding hydrogens is 210 g/mol. The van der Waals surface area contributed by atoms with Crippen LogP contribution in [-0.2, 0) is 11.4 Å². The summed E-state index contributed by atoms with van der Waals surface area (Å²) in [4.78, 5) is 5.94. The highest BCUT2D eigenvalue weighted by molar-refractivity contribution is 5.16. The van der Waals surface area contributed by atoms with E-state index in [0.717, 1.165) is 12.3 Å². The van der Waals surface area contributed by atoms with Crippen molar-refractivity contribution in [1.82, 2.24) is 5.06 Å². The van der Waals surface area contributed by atoms with Gasteiger partial charge in [0, 0.05) is 5.41 Å². The van der Waals surface area contributed by atoms with Crippen molar-refractivity contribution in [3.8, 4) is 0 Å². The lowest BCUT2D eigenvalue weighted by Gasteiger charge is -2.24. The molecule has 2 heteroatoms. The average molecular weight is 231 g/mol. The SMILES string of the molecule is CC1C=C(C(C)(C)C)ON1Cc1ccccc1. The van der Waals surface area contributed by atoms with Crippen LogP contribution in [0.25, 0.3) is 0 Å². The minimum Gasteiger partial charge on any atom is -0.409 e. The first kappa shape index (κ1) is 12.2. The van der Waals surface area contributed by atoms with Crippen LogP contribution in [0.3, 0.4) is 0 Å². The molecule has 0 N–H and O–H groups in total. The van der Waals surface area contributed by atoms with Gasteiger partial charge in [-0.25, -0.2) is 0 Å². The summed E-state index contributed by atoms with van der Waals surface area (Å²) in [5.74, 6) is 1.07. The quantitative estimate of drug-likeness (QED) is 0.768. The minimum atomic E-state index is 0.0830. The van der Waals surface area contributed by atoms with Gasteiger partial charge in [-0.15, -0.1) is 5.06 Å². The maximum Gasteiger partial charge on any atom is 0.127 e. The molecule has 0 saturated heterocycles. The van der Waals surface area contributed by atoms with Gasteiger partial charge < -0.3 is 4.84 Å². The Kier molecular flexibility index (Phi) is 3.25. The number of rotatable bonds is 2. The highest BCUT2D eigenvalue weighted by atomic mass is 16.7. The van der Waals surface area contributed by atoms with Gasteiger partial charge in [0.25, 0.3) is 0 Å². The van der Waals surface area contributed by atoms with Crippen LogP contribution in [0, 0.1) is 5.41 Å². The maximum atomic E-state index is 5.94. The Hall–Kier alpha value is -1.28. The zero-order valence-corrected chi connectivity index (χ0v) is 11.1. The van der Waals surface area contributed by atoms with E-state index in [9.17, 15) is 0 Å². The van der Waals surface area contributed by atoms with E-state index in [2.05, 4.69) is 58.0 Å². The molecule has 0 radical (unpaired) electrons. The second-order valence-electron chi connectivity index (χ2n) is 5.67. The third-order valence-corrected chi connectivity index (χ3v) is 2.98. The molecule has 17 heavy (non-hydrogen) atoms. The number of hydrogen-bond acceptors (Lipinski definition) is 2. The highest BCUT2D eigenvalue weighted by Crippen LogP contribution is 2.33. The third-order valence-electron chi connectivity index (χ3n) is 2.98. The topological polar surface area (TPSA) is 12.5 Å². The van der Waals surface area contributed by atoms with E-state index in [4.69, 9.17) is 4.84 Å². The largest absolute Gasteiger partial charge is 0.409 e. The van der Waals surface area contributed by atoms with Crippen LogP contribution in [0.5, 0.6) is 0 Å². The minimum absolute atomic E-state index is 0.0830. The van der Waals surface area contributed by atoms with Gasteiger partial charge in [0.1, 0.15) is 5.76 Å². The van der Waals surface area contributed by atoms with Crippen LogP contribution >= 0.6 is 0 Å². The van der Waals surface area contributed by atoms with E-state index in [-0.39, 0.29) is 5.41 Å². The van der Waals surface area contributed by atoms with Crippen LogP contribution in [0.1, 0.15) is 33.3 Å². The van der Waals surface area contributed by atoms with Crippen molar-refractivity contribution in [3.63, 3.8) is 0 Å². The number of allylic oxidation sites excluding steroid dienone is 1. The van der Waals surface area contributed by atoms with E-state index < -0.39 is 0 Å². The molecule has 0 spiro atoms. The summed E-state index contributed by atoms with van der Waals surface area (Å²) >= 11 is 0. The molecule has 1 aliphatic heterocycles. The lowest BCUT2D eigenvalue weighted by Crippen LogP contribution is -2.26. The second kappa shape index (κ2) is 4.53. The van der Waals surface area contributed by atoms with E-state index in [1.807, 2.05) is 11.1 Å². The van der Waals surface area contributed by atoms with E-state index in [1.54, 1.807) is 0 Å². The van der Waals surface area contributed by atoms with Crippen LogP contribution in [0.4, 0.5) is 0 Å². The smallest absolute Gasteiger partial charge is 0.127 e. The first-order chi connectivity index (χ1) is 7.97. The van der Waals surface area contributed by atoms with Gasteiger partial charge >= 0.3 is 0 Å². The van der Waals surface area contributed by atoms with Crippen molar-refractivity contribution < 1.29 is 4.84 Å². The number of nitrogens with zero attached hydrogens (tertiary/aromatic N) is 1. The monoisotopic (exact) mass is 231 g/mol. The van der Waals surface area contributed by atoms with Gasteiger partial charge in [0.2, 0.25) is 0 Å². The molecule has 0 aliphatic carbocycles. The average Bonchev–Trinajstić information content (AvgIpc) is 2.62. The van der Waals surface area contributed by atoms with Crippen molar-refractivity contribution in [2.75, 3.05) is 0 Å². The predicted molar refractivity (Wildman–Crippen MR) is 70.1 cm³/mol. The lowest BCUT2D eigenvalue weighted by molar-refractivity contribution is -0.134. The standard InChI is InChI=1S/C15H21NO/c1-12-10-14(15(2,3)4)17-16(12)11-13-8-6-5-7-9-13/h5-10,12H,11H2,1-4H3. The van der Waals surface area contributed by atoms with E-state index >= 15 is 0 Å². The van der Waals surface area contributed by atoms with Crippen molar-refractivity contribution in [2.24, 2.45) is 5.41 Å². The fourth-order valence-electron chi connectivity index (χ4n) is 1.87. The van der Waals surface area contributed by atoms with Crippen LogP contribution in [0.15, 0.2) is 42.2 Å². The zero-order valence-electron chi connectivity index (χ0n) is 11.1. The van der Waals surface area contributed by atoms with Crippen molar-refractivity contribution >= 4 is 0 Å². The first-order valence-corrected chi connectivity index (χ1v) is 6.17. The molecule has 1 aliphatic rings. The Morgan fingerprint density at radius 2 is 1.82 bits per heavy atom. The Balaban J connectivity index is 2.03. The molecule has 92 valence electrons. The van der Waals surface area contributed by atoms with Gasteiger partial charge in [-0.05, 0) is 18.6 Å². The fraction of sp³-hybridized carbons (Fsp3) is 0.467. The molecule has 1 aromatic rings. The van der Waals surface area contributed by atoms with E-state index in [1.165, 1.54) is 5.56 Å². The Bertz CT molecular complexity index is 403. The third kappa shape index (κ3) is 2.89. The summed E-state index contributed by atoms with van der Waals surface area (Å²) < 4.78 is 0. The summed E-state index contributed by atoms with van der Waals surface area (Å²) in [5.41, 5.74) is 1.36. The molecule has 2 rings (SSSR count). The molecule has 1 heterocycles. The maximum absolute atomic E-state index is 5.94. The zero-order chi connectivity index (χ0) is 12.5. The lowest BCUT2D eigenvalue weighted by atomic mass is 9.93. The number of hydrogen-bond donors (Lipinski definition) is 0. The van der Waals surface area contributed by atoms with Gasteiger partial charge in [-0.3, -0.25) is 0 Å². The van der Waals surface area contributed by atoms with Gasteiger partial charge in [0.05, 0.1) is 12.6 Å². The summed E-state index contributed by atoms with van der Waals surface area (Å²) in [7, 11) is 0. The van der Waals surface area contributed by atoms with Crippen LogP contribution < -0.4 is 0 Å². The summed E-state index contributed by atoms with van der Waals surface area (Å²) in [5, 5.41) is 2.04. The molecule has 0 aromatic heterocycles. The first-order valence-electron chi connectivity index (χ1n) is 6.17. The van der Waals surface area contributed by atoms with Gasteiger partial charge in [-0.1, -0.05) is 51.1 Å². The predicted octanol–water partition coefficient (Wildman–Crippen LogP) is 3.75. The fourth-order valence-corrected chi connectivity index (χ4v) is 1.87. The Morgan fingerprint density at radius 3 is 2.35 bits per heavy atom.